The minimum atomic E-state index is -5.03. The van der Waals surface area contributed by atoms with Gasteiger partial charge in [0.2, 0.25) is 41.4 Å². The van der Waals surface area contributed by atoms with Crippen molar-refractivity contribution in [3.8, 4) is 0 Å². The summed E-state index contributed by atoms with van der Waals surface area (Å²) in [6, 6.07) is 6.00. The number of likely N-dealkylation sites (tertiary alicyclic amines) is 1. The molecule has 0 saturated carbocycles. The van der Waals surface area contributed by atoms with Gasteiger partial charge >= 0.3 is 6.09 Å². The number of nitrogens with one attached hydrogen (secondary N) is 5. The highest BCUT2D eigenvalue weighted by Gasteiger charge is 2.44. The molecule has 12 atom stereocenters. The van der Waals surface area contributed by atoms with Crippen LogP contribution in [-0.4, -0.2) is 193 Å². The molecule has 2 heterocycles. The average molecular weight is 1310 g/mol. The molecule has 0 bridgehead atoms. The number of amides is 10. The second-order valence-electron chi connectivity index (χ2n) is 25.1. The van der Waals surface area contributed by atoms with E-state index in [1.54, 1.807) is 91.6 Å². The number of aliphatic hydroxyl groups is 1. The summed E-state index contributed by atoms with van der Waals surface area (Å²) in [5.74, 6) is -6.86. The molecular weight excluding hydrogens is 1210 g/mol. The Hall–Kier alpha value is -7.33. The van der Waals surface area contributed by atoms with Crippen LogP contribution < -0.4 is 26.6 Å². The molecule has 0 unspecified atom stereocenters. The lowest BCUT2D eigenvalue weighted by Crippen LogP contribution is -2.60. The predicted octanol–water partition coefficient (Wildman–Crippen LogP) is 4.90. The molecule has 1 fully saturated rings. The van der Waals surface area contributed by atoms with Crippen molar-refractivity contribution in [2.75, 3.05) is 46.7 Å². The van der Waals surface area contributed by atoms with E-state index in [2.05, 4.69) is 26.6 Å². The first kappa shape index (κ1) is 77.1. The Bertz CT molecular complexity index is 3020. The molecule has 27 heteroatoms. The van der Waals surface area contributed by atoms with Crippen molar-refractivity contribution in [3.63, 3.8) is 0 Å². The van der Waals surface area contributed by atoms with E-state index in [1.807, 2.05) is 19.9 Å². The molecule has 10 amide bonds. The quantitative estimate of drug-likeness (QED) is 0.0274. The smallest absolute Gasteiger partial charge is 0.410 e. The molecule has 7 N–H and O–H groups in total. The Labute approximate surface area is 541 Å². The van der Waals surface area contributed by atoms with Gasteiger partial charge in [-0.1, -0.05) is 112 Å². The number of aliphatic hydroxyl groups excluding tert-OH is 1. The second kappa shape index (κ2) is 35.6. The minimum Gasteiger partial charge on any atom is -0.444 e. The molecule has 0 spiro atoms. The van der Waals surface area contributed by atoms with E-state index in [0.29, 0.717) is 50.6 Å². The lowest BCUT2D eigenvalue weighted by atomic mass is 9.89. The maximum Gasteiger partial charge on any atom is 0.410 e. The minimum absolute atomic E-state index is 0.0615. The van der Waals surface area contributed by atoms with Crippen LogP contribution in [0.4, 0.5) is 10.5 Å². The number of nitrogens with zero attached hydrogens (tertiary/aromatic N) is 4. The second-order valence-corrected chi connectivity index (χ2v) is 26.5. The molecule has 2 aliphatic heterocycles. The van der Waals surface area contributed by atoms with Crippen LogP contribution in [0.5, 0.6) is 0 Å². The van der Waals surface area contributed by atoms with Gasteiger partial charge in [-0.3, -0.25) is 57.5 Å². The van der Waals surface area contributed by atoms with Gasteiger partial charge in [-0.05, 0) is 80.9 Å². The molecular formula is C65H99N9O17S. The van der Waals surface area contributed by atoms with Crippen LogP contribution in [0.15, 0.2) is 65.6 Å². The monoisotopic (exact) mass is 1310 g/mol. The third-order valence-electron chi connectivity index (χ3n) is 17.2. The SMILES string of the molecule is CC[C@H](C)[C@@H]([C@@H](CC(=O)N1CCC[C@H]1[C@H](OC)[C@@H](C)C(=O)N[C@H](C)[C@@H](O)c1ccccc1)OC)N(C)C(=O)[C@@H](NC(=O)[C@H](C(C)C)N(C)C(=O)OCc1ccc(NC(=O)[C@H](C)NC(=O)[C@@H](NC(=O)CCCCCN2C(=O)C=CC2=O)C(C)C)cc1S(=O)(=O)O)C(C)C. The topological polar surface area (TPSA) is 346 Å². The molecule has 2 aliphatic rings. The highest BCUT2D eigenvalue weighted by molar-refractivity contribution is 7.85. The summed E-state index contributed by atoms with van der Waals surface area (Å²) >= 11 is 0. The summed E-state index contributed by atoms with van der Waals surface area (Å²) in [5, 5.41) is 24.5. The fraction of sp³-hybridized carbons (Fsp3) is 0.631. The molecule has 2 aromatic carbocycles. The maximum absolute atomic E-state index is 14.8. The zero-order chi connectivity index (χ0) is 69.1. The van der Waals surface area contributed by atoms with Crippen molar-refractivity contribution in [1.82, 2.24) is 40.9 Å². The average Bonchev–Trinajstić information content (AvgIpc) is 1.17. The number of ether oxygens (including phenoxy) is 3. The maximum atomic E-state index is 14.8. The Balaban J connectivity index is 1.39. The summed E-state index contributed by atoms with van der Waals surface area (Å²) < 4.78 is 53.3. The first-order chi connectivity index (χ1) is 43.2. The number of carbonyl (C=O) groups is 10. The first-order valence-electron chi connectivity index (χ1n) is 31.6. The van der Waals surface area contributed by atoms with Crippen LogP contribution in [0.3, 0.4) is 0 Å². The fourth-order valence-corrected chi connectivity index (χ4v) is 12.4. The molecule has 26 nitrogen and oxygen atoms in total. The van der Waals surface area contributed by atoms with Gasteiger partial charge < -0.3 is 55.7 Å². The number of hydrogen-bond donors (Lipinski definition) is 7. The Morgan fingerprint density at radius 1 is 0.728 bits per heavy atom. The van der Waals surface area contributed by atoms with E-state index >= 15 is 0 Å². The predicted molar refractivity (Wildman–Crippen MR) is 342 cm³/mol. The number of unbranched alkanes of at least 4 members (excludes halogenated alkanes) is 2. The van der Waals surface area contributed by atoms with E-state index in [0.717, 1.165) is 15.9 Å². The normalized spacial score (nSPS) is 17.8. The number of likely N-dealkylation sites (N-methyl/N-ethyl adjacent to an activating group) is 2. The van der Waals surface area contributed by atoms with Crippen molar-refractivity contribution in [2.24, 2.45) is 29.6 Å². The van der Waals surface area contributed by atoms with Crippen molar-refractivity contribution >= 4 is 75.1 Å². The van der Waals surface area contributed by atoms with Crippen molar-refractivity contribution in [2.45, 2.75) is 200 Å². The zero-order valence-electron chi connectivity index (χ0n) is 55.9. The molecule has 2 aromatic rings. The number of hydrogen-bond acceptors (Lipinski definition) is 16. The number of methoxy groups -OCH3 is 2. The lowest BCUT2D eigenvalue weighted by Gasteiger charge is -2.41. The summed E-state index contributed by atoms with van der Waals surface area (Å²) in [5.41, 5.74) is 0.330. The lowest BCUT2D eigenvalue weighted by molar-refractivity contribution is -0.148. The van der Waals surface area contributed by atoms with Gasteiger partial charge in [-0.2, -0.15) is 8.42 Å². The van der Waals surface area contributed by atoms with Gasteiger partial charge in [0, 0.05) is 71.2 Å². The van der Waals surface area contributed by atoms with Gasteiger partial charge in [-0.15, -0.1) is 0 Å². The van der Waals surface area contributed by atoms with Crippen LogP contribution in [0, 0.1) is 29.6 Å². The summed E-state index contributed by atoms with van der Waals surface area (Å²) in [6.07, 6.45) is 2.04. The van der Waals surface area contributed by atoms with Gasteiger partial charge in [-0.25, -0.2) is 4.79 Å². The van der Waals surface area contributed by atoms with Gasteiger partial charge in [0.05, 0.1) is 48.8 Å². The molecule has 0 aromatic heterocycles. The number of benzene rings is 2. The fourth-order valence-electron chi connectivity index (χ4n) is 11.7. The number of imide groups is 1. The van der Waals surface area contributed by atoms with Crippen LogP contribution in [0.1, 0.15) is 145 Å². The van der Waals surface area contributed by atoms with Crippen LogP contribution in [-0.2, 0) is 74.1 Å². The number of carbonyl (C=O) groups excluding carboxylic acids is 10. The highest BCUT2D eigenvalue weighted by atomic mass is 32.2. The van der Waals surface area contributed by atoms with E-state index in [9.17, 15) is 66.0 Å². The summed E-state index contributed by atoms with van der Waals surface area (Å²) in [6.45, 7) is 18.8. The zero-order valence-corrected chi connectivity index (χ0v) is 56.7. The molecule has 512 valence electrons. The first-order valence-corrected chi connectivity index (χ1v) is 33.0. The van der Waals surface area contributed by atoms with Gasteiger partial charge in [0.1, 0.15) is 35.7 Å². The molecule has 92 heavy (non-hydrogen) atoms. The summed E-state index contributed by atoms with van der Waals surface area (Å²) in [7, 11) is 0.816. The Morgan fingerprint density at radius 2 is 1.36 bits per heavy atom. The third kappa shape index (κ3) is 21.1. The van der Waals surface area contributed by atoms with Gasteiger partial charge in [0.25, 0.3) is 21.9 Å². The number of rotatable bonds is 35. The number of anilines is 1. The molecule has 0 aliphatic carbocycles. The van der Waals surface area contributed by atoms with Crippen molar-refractivity contribution < 1.29 is 80.2 Å². The van der Waals surface area contributed by atoms with E-state index in [-0.39, 0.29) is 60.2 Å². The van der Waals surface area contributed by atoms with Crippen molar-refractivity contribution in [3.05, 3.63) is 71.8 Å². The standard InChI is InChI=1S/C65H99N9O17S/c1-16-40(8)57(48(89-14)35-53(78)73-33-23-26-47(73)59(90-15)41(9)60(80)66-42(10)58(79)44-24-19-17-20-25-44)71(12)64(84)55(38(4)5)70-63(83)56(39(6)7)72(13)65(85)91-36-45-28-29-46(34-49(45)92(86,87)88)68-61(81)43(11)67-62(82)54(37(2)3)69-50(75)27-21-18-22-32-74-51(76)30-31-52(74)77/h17,19-20,24-25,28-31,34,37-43,47-48,54-59,79H,16,18,21-23,26-27,32-33,35-36H2,1-15H3,(H,66,80)(H,67,82)(H,68,81)(H,69,75)(H,70,83)(H,86,87,88)/t40-,41+,42+,43-,47-,48+,54-,55-,56-,57-,58+,59+/m0/s1. The largest absolute Gasteiger partial charge is 0.444 e. The van der Waals surface area contributed by atoms with E-state index in [1.165, 1.54) is 57.4 Å². The van der Waals surface area contributed by atoms with Gasteiger partial charge in [0.15, 0.2) is 0 Å². The molecule has 0 radical (unpaired) electrons. The summed E-state index contributed by atoms with van der Waals surface area (Å²) in [4.78, 5) is 139. The third-order valence-corrected chi connectivity index (χ3v) is 18.2. The highest BCUT2D eigenvalue weighted by Crippen LogP contribution is 2.31. The van der Waals surface area contributed by atoms with Crippen LogP contribution in [0.2, 0.25) is 0 Å². The molecule has 4 rings (SSSR count). The van der Waals surface area contributed by atoms with Crippen LogP contribution in [0.25, 0.3) is 0 Å². The van der Waals surface area contributed by atoms with Crippen molar-refractivity contribution in [1.29, 1.82) is 0 Å². The Kier molecular flexibility index (Phi) is 29.9. The molecule has 1 saturated heterocycles. The van der Waals surface area contributed by atoms with E-state index < -0.39 is 142 Å². The Morgan fingerprint density at radius 3 is 1.92 bits per heavy atom. The van der Waals surface area contributed by atoms with Crippen LogP contribution >= 0.6 is 0 Å². The van der Waals surface area contributed by atoms with E-state index in [4.69, 9.17) is 14.2 Å².